The SMILES string of the molecule is O=C(Cc1csc(-c2cccc(F)c2)n1)NCc1ccc(OC(F)(F)F)cc1. The van der Waals surface area contributed by atoms with Gasteiger partial charge in [-0.1, -0.05) is 24.3 Å². The molecule has 0 aliphatic heterocycles. The molecule has 0 unspecified atom stereocenters. The van der Waals surface area contributed by atoms with Crippen molar-refractivity contribution < 1.29 is 27.1 Å². The maximum absolute atomic E-state index is 13.3. The van der Waals surface area contributed by atoms with E-state index in [-0.39, 0.29) is 30.4 Å². The van der Waals surface area contributed by atoms with Crippen molar-refractivity contribution in [1.82, 2.24) is 10.3 Å². The topological polar surface area (TPSA) is 51.2 Å². The van der Waals surface area contributed by atoms with Crippen LogP contribution < -0.4 is 10.1 Å². The number of aromatic nitrogens is 1. The van der Waals surface area contributed by atoms with E-state index in [2.05, 4.69) is 15.0 Å². The molecule has 0 saturated heterocycles. The molecule has 28 heavy (non-hydrogen) atoms. The zero-order valence-corrected chi connectivity index (χ0v) is 15.1. The van der Waals surface area contributed by atoms with E-state index in [1.165, 1.54) is 47.7 Å². The Hall–Kier alpha value is -2.94. The summed E-state index contributed by atoms with van der Waals surface area (Å²) in [4.78, 5) is 16.4. The van der Waals surface area contributed by atoms with Gasteiger partial charge in [0, 0.05) is 17.5 Å². The van der Waals surface area contributed by atoms with Crippen LogP contribution in [0.3, 0.4) is 0 Å². The lowest BCUT2D eigenvalue weighted by molar-refractivity contribution is -0.274. The summed E-state index contributed by atoms with van der Waals surface area (Å²) >= 11 is 1.31. The highest BCUT2D eigenvalue weighted by Crippen LogP contribution is 2.25. The molecule has 0 fully saturated rings. The van der Waals surface area contributed by atoms with Crippen molar-refractivity contribution in [3.63, 3.8) is 0 Å². The fourth-order valence-electron chi connectivity index (χ4n) is 2.38. The van der Waals surface area contributed by atoms with E-state index in [0.717, 1.165) is 0 Å². The lowest BCUT2D eigenvalue weighted by Crippen LogP contribution is -2.24. The molecule has 0 bridgehead atoms. The zero-order chi connectivity index (χ0) is 20.1. The van der Waals surface area contributed by atoms with Gasteiger partial charge >= 0.3 is 6.36 Å². The summed E-state index contributed by atoms with van der Waals surface area (Å²) in [5.41, 5.74) is 1.81. The van der Waals surface area contributed by atoms with Gasteiger partial charge in [0.15, 0.2) is 0 Å². The summed E-state index contributed by atoms with van der Waals surface area (Å²) in [5, 5.41) is 5.01. The number of hydrogen-bond acceptors (Lipinski definition) is 4. The highest BCUT2D eigenvalue weighted by molar-refractivity contribution is 7.13. The molecule has 0 spiro atoms. The summed E-state index contributed by atoms with van der Waals surface area (Å²) < 4.78 is 53.5. The number of nitrogens with zero attached hydrogens (tertiary/aromatic N) is 1. The number of rotatable bonds is 6. The predicted molar refractivity (Wildman–Crippen MR) is 96.2 cm³/mol. The van der Waals surface area contributed by atoms with E-state index in [4.69, 9.17) is 0 Å². The molecular weight excluding hydrogens is 396 g/mol. The Bertz CT molecular complexity index is 955. The first-order valence-corrected chi connectivity index (χ1v) is 8.98. The molecule has 3 aromatic rings. The van der Waals surface area contributed by atoms with Gasteiger partial charge in [0.1, 0.15) is 16.6 Å². The number of benzene rings is 2. The Morgan fingerprint density at radius 3 is 2.57 bits per heavy atom. The number of halogens is 4. The van der Waals surface area contributed by atoms with E-state index in [1.807, 2.05) is 0 Å². The molecule has 1 amide bonds. The number of carbonyl (C=O) groups is 1. The van der Waals surface area contributed by atoms with Crippen molar-refractivity contribution in [1.29, 1.82) is 0 Å². The highest BCUT2D eigenvalue weighted by Gasteiger charge is 2.30. The number of amides is 1. The minimum Gasteiger partial charge on any atom is -0.406 e. The second-order valence-corrected chi connectivity index (χ2v) is 6.66. The number of hydrogen-bond donors (Lipinski definition) is 1. The van der Waals surface area contributed by atoms with E-state index in [1.54, 1.807) is 17.5 Å². The van der Waals surface area contributed by atoms with Crippen LogP contribution in [0.1, 0.15) is 11.3 Å². The Balaban J connectivity index is 1.52. The molecule has 1 aromatic heterocycles. The summed E-state index contributed by atoms with van der Waals surface area (Å²) in [6.45, 7) is 0.159. The Morgan fingerprint density at radius 2 is 1.89 bits per heavy atom. The third-order valence-electron chi connectivity index (χ3n) is 3.61. The first-order valence-electron chi connectivity index (χ1n) is 8.10. The van der Waals surface area contributed by atoms with Gasteiger partial charge < -0.3 is 10.1 Å². The Morgan fingerprint density at radius 1 is 1.14 bits per heavy atom. The van der Waals surface area contributed by atoms with Gasteiger partial charge in [0.2, 0.25) is 5.91 Å². The van der Waals surface area contributed by atoms with Gasteiger partial charge in [-0.15, -0.1) is 24.5 Å². The average Bonchev–Trinajstić information content (AvgIpc) is 3.08. The van der Waals surface area contributed by atoms with Crippen LogP contribution in [-0.4, -0.2) is 17.3 Å². The molecule has 9 heteroatoms. The lowest BCUT2D eigenvalue weighted by atomic mass is 10.2. The number of alkyl halides is 3. The van der Waals surface area contributed by atoms with Crippen LogP contribution in [0.25, 0.3) is 10.6 Å². The van der Waals surface area contributed by atoms with E-state index in [9.17, 15) is 22.4 Å². The van der Waals surface area contributed by atoms with Crippen molar-refractivity contribution in [2.45, 2.75) is 19.3 Å². The molecule has 2 aromatic carbocycles. The smallest absolute Gasteiger partial charge is 0.406 e. The summed E-state index contributed by atoms with van der Waals surface area (Å²) in [6.07, 6.45) is -4.70. The maximum atomic E-state index is 13.3. The minimum absolute atomic E-state index is 0.0427. The third kappa shape index (κ3) is 5.78. The Kier molecular flexibility index (Phi) is 5.93. The van der Waals surface area contributed by atoms with Crippen molar-refractivity contribution in [3.05, 3.63) is 71.0 Å². The summed E-state index contributed by atoms with van der Waals surface area (Å²) in [7, 11) is 0. The molecule has 0 aliphatic rings. The van der Waals surface area contributed by atoms with Crippen LogP contribution in [0.2, 0.25) is 0 Å². The molecule has 0 saturated carbocycles. The number of nitrogens with one attached hydrogen (secondary N) is 1. The number of ether oxygens (including phenoxy) is 1. The molecule has 3 rings (SSSR count). The molecule has 1 N–H and O–H groups in total. The monoisotopic (exact) mass is 410 g/mol. The summed E-state index contributed by atoms with van der Waals surface area (Å²) in [6, 6.07) is 11.3. The van der Waals surface area contributed by atoms with Crippen molar-refractivity contribution in [3.8, 4) is 16.3 Å². The second-order valence-electron chi connectivity index (χ2n) is 5.80. The van der Waals surface area contributed by atoms with Gasteiger partial charge in [-0.25, -0.2) is 9.37 Å². The van der Waals surface area contributed by atoms with Crippen LogP contribution in [0.15, 0.2) is 53.9 Å². The normalized spacial score (nSPS) is 11.3. The van der Waals surface area contributed by atoms with Crippen LogP contribution >= 0.6 is 11.3 Å². The highest BCUT2D eigenvalue weighted by atomic mass is 32.1. The Labute approximate surface area is 161 Å². The fourth-order valence-corrected chi connectivity index (χ4v) is 3.20. The van der Waals surface area contributed by atoms with E-state index in [0.29, 0.717) is 21.8 Å². The largest absolute Gasteiger partial charge is 0.573 e. The predicted octanol–water partition coefficient (Wildman–Crippen LogP) is 4.71. The van der Waals surface area contributed by atoms with Gasteiger partial charge in [-0.2, -0.15) is 0 Å². The molecular formula is C19H14F4N2O2S. The molecule has 1 heterocycles. The standard InChI is InChI=1S/C19H14F4N2O2S/c20-14-3-1-2-13(8-14)18-25-15(11-28-18)9-17(26)24-10-12-4-6-16(7-5-12)27-19(21,22)23/h1-8,11H,9-10H2,(H,24,26). The first-order chi connectivity index (χ1) is 13.3. The molecule has 0 aliphatic carbocycles. The number of carbonyl (C=O) groups excluding carboxylic acids is 1. The van der Waals surface area contributed by atoms with Crippen molar-refractivity contribution in [2.24, 2.45) is 0 Å². The van der Waals surface area contributed by atoms with Crippen LogP contribution in [0.4, 0.5) is 17.6 Å². The first kappa shape index (κ1) is 19.8. The molecule has 4 nitrogen and oxygen atoms in total. The number of thiazole rings is 1. The van der Waals surface area contributed by atoms with Crippen LogP contribution in [-0.2, 0) is 17.8 Å². The van der Waals surface area contributed by atoms with Gasteiger partial charge in [0.05, 0.1) is 12.1 Å². The lowest BCUT2D eigenvalue weighted by Gasteiger charge is -2.09. The van der Waals surface area contributed by atoms with Crippen LogP contribution in [0, 0.1) is 5.82 Å². The minimum atomic E-state index is -4.74. The third-order valence-corrected chi connectivity index (χ3v) is 4.55. The molecule has 0 atom stereocenters. The van der Waals surface area contributed by atoms with Gasteiger partial charge in [-0.05, 0) is 29.8 Å². The van der Waals surface area contributed by atoms with E-state index >= 15 is 0 Å². The van der Waals surface area contributed by atoms with Crippen LogP contribution in [0.5, 0.6) is 5.75 Å². The molecule has 146 valence electrons. The second kappa shape index (κ2) is 8.39. The van der Waals surface area contributed by atoms with E-state index < -0.39 is 6.36 Å². The molecule has 0 radical (unpaired) electrons. The average molecular weight is 410 g/mol. The summed E-state index contributed by atoms with van der Waals surface area (Å²) in [5.74, 6) is -0.972. The maximum Gasteiger partial charge on any atom is 0.573 e. The quantitative estimate of drug-likeness (QED) is 0.599. The van der Waals surface area contributed by atoms with Crippen molar-refractivity contribution in [2.75, 3.05) is 0 Å². The fraction of sp³-hybridized carbons (Fsp3) is 0.158. The van der Waals surface area contributed by atoms with Gasteiger partial charge in [-0.3, -0.25) is 4.79 Å². The van der Waals surface area contributed by atoms with Gasteiger partial charge in [0.25, 0.3) is 0 Å². The van der Waals surface area contributed by atoms with Crippen molar-refractivity contribution >= 4 is 17.2 Å². The zero-order valence-electron chi connectivity index (χ0n) is 14.3.